The Kier molecular flexibility index (Phi) is 5.51. The standard InChI is InChI=1S/C22H21ClNO3S2/c1-12-16(10-23)18(14(3)28-12)20-21(27-22(25)26-20)19-15(4)29-13(2)17(19)11-24-8-6-5-7-9-24/h5-9H,10-11H2,1-4H3/q+1. The van der Waals surface area contributed by atoms with Crippen molar-refractivity contribution < 1.29 is 13.4 Å². The molecular weight excluding hydrogens is 426 g/mol. The third kappa shape index (κ3) is 3.61. The molecule has 4 aromatic heterocycles. The molecule has 0 atom stereocenters. The van der Waals surface area contributed by atoms with E-state index in [0.717, 1.165) is 36.9 Å². The second kappa shape index (κ2) is 7.94. The average molecular weight is 447 g/mol. The smallest absolute Gasteiger partial charge is 0.390 e. The Hall–Kier alpha value is -2.15. The lowest BCUT2D eigenvalue weighted by molar-refractivity contribution is -0.688. The lowest BCUT2D eigenvalue weighted by Gasteiger charge is -2.06. The Labute approximate surface area is 182 Å². The molecule has 0 aromatic carbocycles. The summed E-state index contributed by atoms with van der Waals surface area (Å²) < 4.78 is 13.3. The summed E-state index contributed by atoms with van der Waals surface area (Å²) in [5, 5.41) is 0. The fraction of sp³-hybridized carbons (Fsp3) is 0.273. The van der Waals surface area contributed by atoms with Gasteiger partial charge in [0.25, 0.3) is 0 Å². The minimum absolute atomic E-state index is 0.355. The van der Waals surface area contributed by atoms with Crippen LogP contribution >= 0.6 is 34.3 Å². The first kappa shape index (κ1) is 20.1. The largest absolute Gasteiger partial charge is 0.519 e. The summed E-state index contributed by atoms with van der Waals surface area (Å²) in [7, 11) is 0. The molecule has 0 amide bonds. The quantitative estimate of drug-likeness (QED) is 0.279. The molecule has 7 heteroatoms. The van der Waals surface area contributed by atoms with E-state index in [1.807, 2.05) is 44.4 Å². The highest BCUT2D eigenvalue weighted by molar-refractivity contribution is 7.13. The van der Waals surface area contributed by atoms with Crippen LogP contribution in [0.2, 0.25) is 0 Å². The van der Waals surface area contributed by atoms with Crippen molar-refractivity contribution >= 4 is 34.3 Å². The highest BCUT2D eigenvalue weighted by atomic mass is 35.5. The van der Waals surface area contributed by atoms with Crippen LogP contribution in [0.1, 0.15) is 30.6 Å². The van der Waals surface area contributed by atoms with E-state index in [-0.39, 0.29) is 0 Å². The zero-order chi connectivity index (χ0) is 20.7. The number of nitrogens with zero attached hydrogens (tertiary/aromatic N) is 1. The van der Waals surface area contributed by atoms with E-state index in [0.29, 0.717) is 23.9 Å². The lowest BCUT2D eigenvalue weighted by atomic mass is 10.00. The van der Waals surface area contributed by atoms with Gasteiger partial charge in [0, 0.05) is 54.2 Å². The maximum Gasteiger partial charge on any atom is 0.519 e. The second-order valence-corrected chi connectivity index (χ2v) is 10.1. The van der Waals surface area contributed by atoms with Crippen LogP contribution in [-0.4, -0.2) is 0 Å². The van der Waals surface area contributed by atoms with Gasteiger partial charge in [0.2, 0.25) is 0 Å². The van der Waals surface area contributed by atoms with Gasteiger partial charge in [0.15, 0.2) is 30.5 Å². The van der Waals surface area contributed by atoms with Crippen LogP contribution in [0.3, 0.4) is 0 Å². The van der Waals surface area contributed by atoms with Crippen LogP contribution in [-0.2, 0) is 12.4 Å². The summed E-state index contributed by atoms with van der Waals surface area (Å²) in [5.74, 6) is 0.637. The Bertz CT molecular complexity index is 1230. The normalized spacial score (nSPS) is 11.3. The number of pyridine rings is 1. The summed E-state index contributed by atoms with van der Waals surface area (Å²) in [4.78, 5) is 16.7. The van der Waals surface area contributed by atoms with Gasteiger partial charge in [-0.1, -0.05) is 6.07 Å². The van der Waals surface area contributed by atoms with Crippen LogP contribution in [0.15, 0.2) is 44.2 Å². The van der Waals surface area contributed by atoms with Gasteiger partial charge < -0.3 is 8.83 Å². The maximum atomic E-state index is 12.2. The van der Waals surface area contributed by atoms with Crippen molar-refractivity contribution in [2.75, 3.05) is 0 Å². The molecule has 0 unspecified atom stereocenters. The number of hydrogen-bond acceptors (Lipinski definition) is 5. The van der Waals surface area contributed by atoms with Crippen LogP contribution in [0.5, 0.6) is 0 Å². The van der Waals surface area contributed by atoms with Crippen molar-refractivity contribution in [2.45, 2.75) is 40.1 Å². The van der Waals surface area contributed by atoms with Crippen LogP contribution in [0, 0.1) is 27.7 Å². The van der Waals surface area contributed by atoms with Crippen LogP contribution < -0.4 is 10.4 Å². The Morgan fingerprint density at radius 3 is 1.90 bits per heavy atom. The van der Waals surface area contributed by atoms with E-state index in [1.165, 1.54) is 4.88 Å². The highest BCUT2D eigenvalue weighted by Gasteiger charge is 2.29. The number of aromatic nitrogens is 1. The zero-order valence-corrected chi connectivity index (χ0v) is 19.1. The summed E-state index contributed by atoms with van der Waals surface area (Å²) in [6.07, 6.45) is 4.06. The van der Waals surface area contributed by atoms with Crippen LogP contribution in [0.25, 0.3) is 22.6 Å². The fourth-order valence-electron chi connectivity index (χ4n) is 3.74. The average Bonchev–Trinajstić information content (AvgIpc) is 3.28. The SMILES string of the molecule is Cc1sc(C)c(-c2oc(=O)oc2-c2c(C)sc(C)c2C[n+]2ccccc2)c1CCl. The first-order valence-corrected chi connectivity index (χ1v) is 11.4. The first-order valence-electron chi connectivity index (χ1n) is 9.23. The van der Waals surface area contributed by atoms with Crippen molar-refractivity contribution in [2.24, 2.45) is 0 Å². The third-order valence-corrected chi connectivity index (χ3v) is 7.45. The minimum Gasteiger partial charge on any atom is -0.390 e. The molecule has 4 rings (SSSR count). The molecule has 29 heavy (non-hydrogen) atoms. The van der Waals surface area contributed by atoms with E-state index >= 15 is 0 Å². The van der Waals surface area contributed by atoms with Crippen molar-refractivity contribution in [3.63, 3.8) is 0 Å². The van der Waals surface area contributed by atoms with Gasteiger partial charge in [-0.3, -0.25) is 0 Å². The monoisotopic (exact) mass is 446 g/mol. The van der Waals surface area contributed by atoms with Gasteiger partial charge in [-0.25, -0.2) is 9.36 Å². The van der Waals surface area contributed by atoms with E-state index < -0.39 is 5.82 Å². The van der Waals surface area contributed by atoms with E-state index in [2.05, 4.69) is 18.4 Å². The van der Waals surface area contributed by atoms with E-state index in [9.17, 15) is 4.79 Å². The van der Waals surface area contributed by atoms with Crippen molar-refractivity contribution in [3.05, 3.63) is 71.8 Å². The second-order valence-electron chi connectivity index (χ2n) is 6.93. The van der Waals surface area contributed by atoms with Gasteiger partial charge in [-0.2, -0.15) is 0 Å². The fourth-order valence-corrected chi connectivity index (χ4v) is 6.29. The molecule has 0 fully saturated rings. The van der Waals surface area contributed by atoms with Crippen molar-refractivity contribution in [3.8, 4) is 22.6 Å². The molecule has 4 nitrogen and oxygen atoms in total. The van der Waals surface area contributed by atoms with Gasteiger partial charge in [0.05, 0.1) is 0 Å². The third-order valence-electron chi connectivity index (χ3n) is 5.05. The first-order chi connectivity index (χ1) is 13.9. The van der Waals surface area contributed by atoms with Gasteiger partial charge in [0.1, 0.15) is 0 Å². The Morgan fingerprint density at radius 1 is 0.828 bits per heavy atom. The molecule has 0 radical (unpaired) electrons. The molecule has 0 N–H and O–H groups in total. The summed E-state index contributed by atoms with van der Waals surface area (Å²) in [6.45, 7) is 8.89. The zero-order valence-electron chi connectivity index (χ0n) is 16.7. The Morgan fingerprint density at radius 2 is 1.34 bits per heavy atom. The molecule has 4 aromatic rings. The minimum atomic E-state index is -0.694. The molecule has 4 heterocycles. The summed E-state index contributed by atoms with van der Waals surface area (Å²) in [6, 6.07) is 6.00. The molecule has 0 aliphatic carbocycles. The van der Waals surface area contributed by atoms with Crippen molar-refractivity contribution in [1.29, 1.82) is 0 Å². The molecule has 150 valence electrons. The van der Waals surface area contributed by atoms with Crippen molar-refractivity contribution in [1.82, 2.24) is 0 Å². The molecular formula is C22H21ClNO3S2+. The number of rotatable bonds is 5. The highest BCUT2D eigenvalue weighted by Crippen LogP contribution is 2.44. The molecule has 0 aliphatic heterocycles. The van der Waals surface area contributed by atoms with Gasteiger partial charge >= 0.3 is 5.82 Å². The number of thiophene rings is 2. The van der Waals surface area contributed by atoms with E-state index in [1.54, 1.807) is 22.7 Å². The molecule has 0 bridgehead atoms. The number of aryl methyl sites for hydroxylation is 4. The predicted molar refractivity (Wildman–Crippen MR) is 118 cm³/mol. The summed E-state index contributed by atoms with van der Waals surface area (Å²) >= 11 is 9.59. The number of alkyl halides is 1. The number of halogens is 1. The number of hydrogen-bond donors (Lipinski definition) is 0. The van der Waals surface area contributed by atoms with E-state index in [4.69, 9.17) is 20.4 Å². The van der Waals surface area contributed by atoms with Crippen LogP contribution in [0.4, 0.5) is 0 Å². The molecule has 0 spiro atoms. The topological polar surface area (TPSA) is 47.2 Å². The predicted octanol–water partition coefficient (Wildman–Crippen LogP) is 6.00. The summed E-state index contributed by atoms with van der Waals surface area (Å²) in [5.41, 5.74) is 3.94. The Balaban J connectivity index is 1.94. The maximum absolute atomic E-state index is 12.2. The lowest BCUT2D eigenvalue weighted by Crippen LogP contribution is -2.33. The van der Waals surface area contributed by atoms with Gasteiger partial charge in [-0.15, -0.1) is 34.3 Å². The van der Waals surface area contributed by atoms with Gasteiger partial charge in [-0.05, 0) is 33.3 Å². The molecule has 0 saturated carbocycles. The molecule has 0 saturated heterocycles. The molecule has 0 aliphatic rings.